The van der Waals surface area contributed by atoms with E-state index in [1.165, 1.54) is 12.8 Å². The van der Waals surface area contributed by atoms with Gasteiger partial charge in [-0.3, -0.25) is 9.59 Å². The van der Waals surface area contributed by atoms with Crippen molar-refractivity contribution in [2.45, 2.75) is 37.8 Å². The first kappa shape index (κ1) is 11.0. The van der Waals surface area contributed by atoms with Gasteiger partial charge in [0.1, 0.15) is 6.54 Å². The normalized spacial score (nSPS) is 30.9. The Morgan fingerprint density at radius 2 is 1.76 bits per heavy atom. The number of amides is 2. The lowest BCUT2D eigenvalue weighted by atomic mass is 10.1. The smallest absolute Gasteiger partial charge is 0.242 e. The van der Waals surface area contributed by atoms with Crippen molar-refractivity contribution < 1.29 is 9.59 Å². The van der Waals surface area contributed by atoms with Crippen molar-refractivity contribution >= 4 is 11.8 Å². The van der Waals surface area contributed by atoms with Crippen molar-refractivity contribution in [2.75, 3.05) is 26.2 Å². The lowest BCUT2D eigenvalue weighted by molar-refractivity contribution is -0.152. The molecule has 1 saturated carbocycles. The molecule has 3 rings (SSSR count). The van der Waals surface area contributed by atoms with E-state index in [1.807, 2.05) is 4.90 Å². The van der Waals surface area contributed by atoms with Crippen LogP contribution < -0.4 is 5.32 Å². The third-order valence-electron chi connectivity index (χ3n) is 4.22. The Balaban J connectivity index is 1.72. The fourth-order valence-electron chi connectivity index (χ4n) is 3.28. The Morgan fingerprint density at radius 3 is 2.53 bits per heavy atom. The van der Waals surface area contributed by atoms with E-state index >= 15 is 0 Å². The Hall–Kier alpha value is -1.10. The summed E-state index contributed by atoms with van der Waals surface area (Å²) in [6, 6.07) is 0.622. The first-order valence-corrected chi connectivity index (χ1v) is 6.55. The molecule has 17 heavy (non-hydrogen) atoms. The number of nitrogens with one attached hydrogen (secondary N) is 1. The van der Waals surface area contributed by atoms with Gasteiger partial charge in [-0.1, -0.05) is 12.8 Å². The molecular formula is C12H19N3O2. The van der Waals surface area contributed by atoms with Crippen LogP contribution in [-0.4, -0.2) is 59.9 Å². The van der Waals surface area contributed by atoms with Crippen LogP contribution in [0.1, 0.15) is 25.7 Å². The van der Waals surface area contributed by atoms with Crippen molar-refractivity contribution in [3.63, 3.8) is 0 Å². The summed E-state index contributed by atoms with van der Waals surface area (Å²) in [7, 11) is 0. The van der Waals surface area contributed by atoms with Gasteiger partial charge in [-0.2, -0.15) is 0 Å². The van der Waals surface area contributed by atoms with Crippen molar-refractivity contribution in [2.24, 2.45) is 0 Å². The minimum atomic E-state index is 0.0701. The van der Waals surface area contributed by atoms with Crippen LogP contribution in [0, 0.1) is 0 Å². The fourth-order valence-corrected chi connectivity index (χ4v) is 3.28. The van der Waals surface area contributed by atoms with Gasteiger partial charge in [-0.25, -0.2) is 0 Å². The number of rotatable bonds is 1. The van der Waals surface area contributed by atoms with E-state index in [-0.39, 0.29) is 17.9 Å². The molecule has 0 aromatic rings. The van der Waals surface area contributed by atoms with Gasteiger partial charge in [-0.15, -0.1) is 0 Å². The highest BCUT2D eigenvalue weighted by atomic mass is 16.2. The van der Waals surface area contributed by atoms with E-state index < -0.39 is 0 Å². The zero-order chi connectivity index (χ0) is 11.8. The number of nitrogens with zero attached hydrogens (tertiary/aromatic N) is 2. The van der Waals surface area contributed by atoms with Crippen LogP contribution in [0.25, 0.3) is 0 Å². The van der Waals surface area contributed by atoms with E-state index in [0.717, 1.165) is 25.9 Å². The Morgan fingerprint density at radius 1 is 1.00 bits per heavy atom. The van der Waals surface area contributed by atoms with E-state index in [2.05, 4.69) is 5.32 Å². The maximum Gasteiger partial charge on any atom is 0.242 e. The molecule has 1 atom stereocenters. The summed E-state index contributed by atoms with van der Waals surface area (Å²) in [5.74, 6) is 0.212. The van der Waals surface area contributed by atoms with Gasteiger partial charge in [0.2, 0.25) is 11.8 Å². The van der Waals surface area contributed by atoms with Crippen LogP contribution in [0.4, 0.5) is 0 Å². The molecule has 2 saturated heterocycles. The molecule has 0 aromatic carbocycles. The van der Waals surface area contributed by atoms with Crippen LogP contribution in [0.5, 0.6) is 0 Å². The van der Waals surface area contributed by atoms with Crippen molar-refractivity contribution in [1.29, 1.82) is 0 Å². The summed E-state index contributed by atoms with van der Waals surface area (Å²) in [5, 5.41) is 3.13. The highest BCUT2D eigenvalue weighted by Gasteiger charge is 2.39. The maximum absolute atomic E-state index is 12.1. The second-order valence-electron chi connectivity index (χ2n) is 5.29. The molecule has 1 N–H and O–H groups in total. The molecule has 3 aliphatic rings. The first-order valence-electron chi connectivity index (χ1n) is 6.55. The van der Waals surface area contributed by atoms with Crippen molar-refractivity contribution in [3.8, 4) is 0 Å². The number of hydrogen-bond donors (Lipinski definition) is 1. The number of carbonyl (C=O) groups excluding carboxylic acids is 2. The average molecular weight is 237 g/mol. The molecule has 5 nitrogen and oxygen atoms in total. The standard InChI is InChI=1S/C12H19N3O2/c16-11-6-13-5-10-7-14(9-3-1-2-4-9)12(17)8-15(10)11/h9-10,13H,1-8H2. The van der Waals surface area contributed by atoms with E-state index in [9.17, 15) is 9.59 Å². The highest BCUT2D eigenvalue weighted by molar-refractivity contribution is 5.88. The molecule has 0 spiro atoms. The molecule has 0 radical (unpaired) electrons. The van der Waals surface area contributed by atoms with Crippen molar-refractivity contribution in [3.05, 3.63) is 0 Å². The van der Waals surface area contributed by atoms with Crippen molar-refractivity contribution in [1.82, 2.24) is 15.1 Å². The monoisotopic (exact) mass is 237 g/mol. The summed E-state index contributed by atoms with van der Waals surface area (Å²) < 4.78 is 0. The maximum atomic E-state index is 12.1. The number of fused-ring (bicyclic) bond motifs is 1. The van der Waals surface area contributed by atoms with Gasteiger partial charge in [0, 0.05) is 19.1 Å². The Labute approximate surface area is 101 Å². The summed E-state index contributed by atoms with van der Waals surface area (Å²) in [4.78, 5) is 27.6. The van der Waals surface area contributed by atoms with Gasteiger partial charge in [0.15, 0.2) is 0 Å². The SMILES string of the molecule is O=C1CNCC2CN(C3CCCC3)C(=O)CN12. The molecular weight excluding hydrogens is 218 g/mol. The van der Waals surface area contributed by atoms with E-state index in [0.29, 0.717) is 19.1 Å². The molecule has 0 bridgehead atoms. The zero-order valence-electron chi connectivity index (χ0n) is 10.0. The number of hydrogen-bond acceptors (Lipinski definition) is 3. The lowest BCUT2D eigenvalue weighted by Crippen LogP contribution is -2.66. The largest absolute Gasteiger partial charge is 0.336 e. The second kappa shape index (κ2) is 4.29. The van der Waals surface area contributed by atoms with Crippen LogP contribution in [0.2, 0.25) is 0 Å². The van der Waals surface area contributed by atoms with Gasteiger partial charge in [0.25, 0.3) is 0 Å². The van der Waals surface area contributed by atoms with Gasteiger partial charge in [-0.05, 0) is 12.8 Å². The third-order valence-corrected chi connectivity index (χ3v) is 4.22. The molecule has 0 aromatic heterocycles. The quantitative estimate of drug-likeness (QED) is 0.673. The second-order valence-corrected chi connectivity index (χ2v) is 5.29. The molecule has 2 amide bonds. The van der Waals surface area contributed by atoms with Crippen LogP contribution in [0.15, 0.2) is 0 Å². The first-order chi connectivity index (χ1) is 8.25. The predicted molar refractivity (Wildman–Crippen MR) is 62.3 cm³/mol. The number of piperazine rings is 2. The topological polar surface area (TPSA) is 52.7 Å². The summed E-state index contributed by atoms with van der Waals surface area (Å²) >= 11 is 0. The summed E-state index contributed by atoms with van der Waals surface area (Å²) in [5.41, 5.74) is 0. The van der Waals surface area contributed by atoms with Crippen LogP contribution >= 0.6 is 0 Å². The van der Waals surface area contributed by atoms with Gasteiger partial charge < -0.3 is 15.1 Å². The lowest BCUT2D eigenvalue weighted by Gasteiger charge is -2.45. The molecule has 1 aliphatic carbocycles. The zero-order valence-corrected chi connectivity index (χ0v) is 10.0. The van der Waals surface area contributed by atoms with Gasteiger partial charge >= 0.3 is 0 Å². The average Bonchev–Trinajstić information content (AvgIpc) is 2.83. The molecule has 1 unspecified atom stereocenters. The van der Waals surface area contributed by atoms with E-state index in [4.69, 9.17) is 0 Å². The summed E-state index contributed by atoms with van der Waals surface area (Å²) in [6.45, 7) is 2.22. The number of carbonyl (C=O) groups is 2. The van der Waals surface area contributed by atoms with Crippen LogP contribution in [-0.2, 0) is 9.59 Å². The van der Waals surface area contributed by atoms with Crippen LogP contribution in [0.3, 0.4) is 0 Å². The Kier molecular flexibility index (Phi) is 2.78. The molecule has 2 heterocycles. The highest BCUT2D eigenvalue weighted by Crippen LogP contribution is 2.26. The minimum absolute atomic E-state index is 0.0701. The molecule has 5 heteroatoms. The summed E-state index contributed by atoms with van der Waals surface area (Å²) in [6.07, 6.45) is 4.75. The molecule has 94 valence electrons. The van der Waals surface area contributed by atoms with Gasteiger partial charge in [0.05, 0.1) is 12.6 Å². The Bertz CT molecular complexity index is 339. The third kappa shape index (κ3) is 1.92. The van der Waals surface area contributed by atoms with E-state index in [1.54, 1.807) is 4.90 Å². The molecule has 2 aliphatic heterocycles. The molecule has 3 fully saturated rings. The predicted octanol–water partition coefficient (Wildman–Crippen LogP) is -0.428. The fraction of sp³-hybridized carbons (Fsp3) is 0.833. The minimum Gasteiger partial charge on any atom is -0.336 e.